The van der Waals surface area contributed by atoms with Crippen LogP contribution in [0.4, 0.5) is 11.6 Å². The van der Waals surface area contributed by atoms with Gasteiger partial charge in [-0.25, -0.2) is 14.6 Å². The lowest BCUT2D eigenvalue weighted by Gasteiger charge is -2.37. The molecule has 3 aliphatic rings. The van der Waals surface area contributed by atoms with Gasteiger partial charge in [0.1, 0.15) is 34.4 Å². The van der Waals surface area contributed by atoms with Crippen LogP contribution < -0.4 is 19.3 Å². The topological polar surface area (TPSA) is 122 Å². The number of hydrogen-bond donors (Lipinski definition) is 0. The van der Waals surface area contributed by atoms with Gasteiger partial charge >= 0.3 is 0 Å². The van der Waals surface area contributed by atoms with Gasteiger partial charge in [-0.3, -0.25) is 14.6 Å². The number of piperazine rings is 2. The number of benzene rings is 5. The number of aromatic nitrogens is 4. The molecule has 0 atom stereocenters. The van der Waals surface area contributed by atoms with E-state index in [1.807, 2.05) is 106 Å². The van der Waals surface area contributed by atoms with Crippen LogP contribution in [0.25, 0.3) is 22.2 Å². The molecule has 2 fully saturated rings. The summed E-state index contributed by atoms with van der Waals surface area (Å²) in [4.78, 5) is 46.1. The monoisotopic (exact) mass is 971 g/mol. The molecular weight excluding hydrogens is 911 g/mol. The van der Waals surface area contributed by atoms with Crippen LogP contribution in [0.15, 0.2) is 169 Å². The molecule has 370 valence electrons. The zero-order valence-electron chi connectivity index (χ0n) is 42.4. The highest BCUT2D eigenvalue weighted by Gasteiger charge is 2.41. The van der Waals surface area contributed by atoms with Gasteiger partial charge in [0.15, 0.2) is 0 Å². The Morgan fingerprint density at radius 1 is 0.548 bits per heavy atom. The van der Waals surface area contributed by atoms with Crippen molar-refractivity contribution in [1.29, 1.82) is 0 Å². The molecule has 0 aliphatic carbocycles. The molecule has 0 unspecified atom stereocenters. The summed E-state index contributed by atoms with van der Waals surface area (Å²) in [7, 11) is 3.68. The standard InChI is InChI=1S/C39H37N5O2.C21H24N4O2/c1-28(2)46-33-19-20-35-34(26-33)38(29-21-22-40-36(25-29)43-24-23-42(3)37(45)27-43)41-44(35)39(30-13-7-4-8-14-30,31-15-9-5-10-16-31)32-17-11-6-12-18-32;1-14(2)27-17-5-4-16-12-23-21(18(16)11-17)15-6-7-22-19(10-15)25-9-8-24(3)20(26)13-25/h4-22,25-26,28H,23-24,27H2,1-3H3;4-7,10-11,14H,8-9,12-13H2,1-3H3. The lowest BCUT2D eigenvalue weighted by atomic mass is 9.77. The normalized spacial score (nSPS) is 14.9. The van der Waals surface area contributed by atoms with E-state index in [4.69, 9.17) is 19.6 Å². The summed E-state index contributed by atoms with van der Waals surface area (Å²) in [6, 6.07) is 52.2. The highest BCUT2D eigenvalue weighted by molar-refractivity contribution is 6.15. The number of likely N-dealkylation sites (N-methyl/N-ethyl adjacent to an activating group) is 2. The van der Waals surface area contributed by atoms with E-state index >= 15 is 0 Å². The number of ether oxygens (including phenoxy) is 2. The maximum absolute atomic E-state index is 12.6. The number of rotatable bonds is 12. The van der Waals surface area contributed by atoms with Crippen molar-refractivity contribution in [2.75, 3.05) is 63.2 Å². The molecule has 2 amide bonds. The predicted molar refractivity (Wildman–Crippen MR) is 289 cm³/mol. The molecule has 5 aromatic carbocycles. The third kappa shape index (κ3) is 9.87. The number of pyridine rings is 2. The van der Waals surface area contributed by atoms with E-state index in [-0.39, 0.29) is 24.0 Å². The Labute approximate surface area is 427 Å². The van der Waals surface area contributed by atoms with E-state index < -0.39 is 5.54 Å². The fourth-order valence-corrected chi connectivity index (χ4v) is 9.96. The molecule has 0 radical (unpaired) electrons. The smallest absolute Gasteiger partial charge is 0.241 e. The van der Waals surface area contributed by atoms with Crippen molar-refractivity contribution < 1.29 is 19.1 Å². The lowest BCUT2D eigenvalue weighted by Crippen LogP contribution is -2.48. The summed E-state index contributed by atoms with van der Waals surface area (Å²) in [6.45, 7) is 12.3. The number of carbonyl (C=O) groups is 2. The Balaban J connectivity index is 0.000000192. The van der Waals surface area contributed by atoms with Crippen LogP contribution in [0, 0.1) is 0 Å². The highest BCUT2D eigenvalue weighted by Crippen LogP contribution is 2.45. The number of anilines is 2. The lowest BCUT2D eigenvalue weighted by molar-refractivity contribution is -0.130. The van der Waals surface area contributed by atoms with Crippen molar-refractivity contribution in [2.45, 2.75) is 52.0 Å². The summed E-state index contributed by atoms with van der Waals surface area (Å²) >= 11 is 0. The largest absolute Gasteiger partial charge is 0.491 e. The Bertz CT molecular complexity index is 3190. The van der Waals surface area contributed by atoms with Crippen molar-refractivity contribution in [3.05, 3.63) is 197 Å². The summed E-state index contributed by atoms with van der Waals surface area (Å²) in [5, 5.41) is 6.50. The Kier molecular flexibility index (Phi) is 13.8. The maximum Gasteiger partial charge on any atom is 0.241 e. The number of hydrogen-bond acceptors (Lipinski definition) is 10. The van der Waals surface area contributed by atoms with Crippen LogP contribution in [0.5, 0.6) is 11.5 Å². The zero-order valence-corrected chi connectivity index (χ0v) is 42.4. The molecule has 3 aromatic heterocycles. The molecule has 6 heterocycles. The van der Waals surface area contributed by atoms with Crippen molar-refractivity contribution in [2.24, 2.45) is 4.99 Å². The first kappa shape index (κ1) is 48.3. The summed E-state index contributed by atoms with van der Waals surface area (Å²) in [5.41, 5.74) is 9.50. The van der Waals surface area contributed by atoms with Crippen LogP contribution in [0.3, 0.4) is 0 Å². The molecule has 73 heavy (non-hydrogen) atoms. The van der Waals surface area contributed by atoms with Gasteiger partial charge in [-0.1, -0.05) is 97.1 Å². The molecule has 0 saturated carbocycles. The van der Waals surface area contributed by atoms with Crippen molar-refractivity contribution in [1.82, 2.24) is 29.5 Å². The van der Waals surface area contributed by atoms with Gasteiger partial charge in [-0.05, 0) is 105 Å². The third-order valence-electron chi connectivity index (χ3n) is 13.6. The summed E-state index contributed by atoms with van der Waals surface area (Å²) in [6.07, 6.45) is 3.76. The molecule has 13 heteroatoms. The van der Waals surface area contributed by atoms with Gasteiger partial charge in [-0.15, -0.1) is 0 Å². The minimum Gasteiger partial charge on any atom is -0.491 e. The fraction of sp³-hybridized carbons (Fsp3) is 0.267. The molecule has 8 aromatic rings. The van der Waals surface area contributed by atoms with Gasteiger partial charge < -0.3 is 29.1 Å². The third-order valence-corrected chi connectivity index (χ3v) is 13.6. The molecule has 0 N–H and O–H groups in total. The minimum absolute atomic E-state index is 0.0234. The average Bonchev–Trinajstić information content (AvgIpc) is 4.01. The average molecular weight is 972 g/mol. The molecule has 11 rings (SSSR count). The maximum atomic E-state index is 12.6. The first-order chi connectivity index (χ1) is 35.5. The Hall–Kier alpha value is -8.32. The molecular formula is C60H61N9O4. The molecule has 13 nitrogen and oxygen atoms in total. The van der Waals surface area contributed by atoms with Crippen LogP contribution in [0.2, 0.25) is 0 Å². The van der Waals surface area contributed by atoms with Crippen LogP contribution in [-0.4, -0.2) is 113 Å². The number of amides is 2. The number of nitrogens with zero attached hydrogens (tertiary/aromatic N) is 9. The number of fused-ring (bicyclic) bond motifs is 2. The molecule has 3 aliphatic heterocycles. The molecule has 0 spiro atoms. The SMILES string of the molecule is CC(C)Oc1ccc2c(c1)C(c1ccnc(N3CCN(C)C(=O)C3)c1)=NC2.CC(C)Oc1ccc2c(c1)c(-c1ccnc(N3CCN(C)C(=O)C3)c1)nn2C(c1ccccc1)(c1ccccc1)c1ccccc1. The quantitative estimate of drug-likeness (QED) is 0.110. The van der Waals surface area contributed by atoms with Crippen molar-refractivity contribution in [3.8, 4) is 22.8 Å². The van der Waals surface area contributed by atoms with E-state index in [1.54, 1.807) is 16.0 Å². The van der Waals surface area contributed by atoms with E-state index in [9.17, 15) is 9.59 Å². The molecule has 0 bridgehead atoms. The van der Waals surface area contributed by atoms with E-state index in [0.29, 0.717) is 32.7 Å². The molecule has 2 saturated heterocycles. The minimum atomic E-state index is -0.791. The number of carbonyl (C=O) groups excluding carboxylic acids is 2. The summed E-state index contributed by atoms with van der Waals surface area (Å²) < 4.78 is 14.2. The van der Waals surface area contributed by atoms with Gasteiger partial charge in [-0.2, -0.15) is 5.10 Å². The second-order valence-electron chi connectivity index (χ2n) is 19.3. The zero-order chi connectivity index (χ0) is 50.6. The van der Waals surface area contributed by atoms with E-state index in [1.165, 1.54) is 5.56 Å². The Morgan fingerprint density at radius 2 is 1.04 bits per heavy atom. The van der Waals surface area contributed by atoms with Crippen LogP contribution in [-0.2, 0) is 21.7 Å². The van der Waals surface area contributed by atoms with Gasteiger partial charge in [0.05, 0.1) is 43.1 Å². The first-order valence-corrected chi connectivity index (χ1v) is 25.1. The predicted octanol–water partition coefficient (Wildman–Crippen LogP) is 9.50. The van der Waals surface area contributed by atoms with E-state index in [0.717, 1.165) is 91.9 Å². The van der Waals surface area contributed by atoms with Gasteiger partial charge in [0, 0.05) is 74.7 Å². The number of aliphatic imine (C=N–C) groups is 1. The van der Waals surface area contributed by atoms with Crippen molar-refractivity contribution in [3.63, 3.8) is 0 Å². The highest BCUT2D eigenvalue weighted by atomic mass is 16.5. The Morgan fingerprint density at radius 3 is 1.56 bits per heavy atom. The van der Waals surface area contributed by atoms with Crippen LogP contribution >= 0.6 is 0 Å². The summed E-state index contributed by atoms with van der Waals surface area (Å²) in [5.74, 6) is 3.43. The first-order valence-electron chi connectivity index (χ1n) is 25.1. The van der Waals surface area contributed by atoms with Gasteiger partial charge in [0.2, 0.25) is 11.8 Å². The second-order valence-corrected chi connectivity index (χ2v) is 19.3. The van der Waals surface area contributed by atoms with Crippen molar-refractivity contribution >= 4 is 40.1 Å². The van der Waals surface area contributed by atoms with Crippen LogP contribution in [0.1, 0.15) is 61.1 Å². The van der Waals surface area contributed by atoms with Gasteiger partial charge in [0.25, 0.3) is 0 Å². The second kappa shape index (κ2) is 20.8. The fourth-order valence-electron chi connectivity index (χ4n) is 9.96. The van der Waals surface area contributed by atoms with E-state index in [2.05, 4.69) is 118 Å².